The molecule has 0 spiro atoms. The predicted molar refractivity (Wildman–Crippen MR) is 122 cm³/mol. The minimum absolute atomic E-state index is 0.121. The summed E-state index contributed by atoms with van der Waals surface area (Å²) < 4.78 is 56.4. The lowest BCUT2D eigenvalue weighted by Gasteiger charge is -2.10. The Hall–Kier alpha value is -3.77. The number of hydrogen-bond acceptors (Lipinski definition) is 5. The van der Waals surface area contributed by atoms with Gasteiger partial charge in [-0.15, -0.1) is 11.3 Å². The van der Waals surface area contributed by atoms with Gasteiger partial charge in [0.25, 0.3) is 5.91 Å². The summed E-state index contributed by atoms with van der Waals surface area (Å²) in [7, 11) is 0. The molecular formula is C22H13ClF4N6OS. The van der Waals surface area contributed by atoms with E-state index in [0.29, 0.717) is 15.0 Å². The quantitative estimate of drug-likeness (QED) is 0.299. The van der Waals surface area contributed by atoms with E-state index < -0.39 is 23.6 Å². The van der Waals surface area contributed by atoms with Gasteiger partial charge in [-0.3, -0.25) is 9.48 Å². The fourth-order valence-electron chi connectivity index (χ4n) is 3.36. The first kappa shape index (κ1) is 23.0. The van der Waals surface area contributed by atoms with Gasteiger partial charge in [-0.1, -0.05) is 23.7 Å². The summed E-state index contributed by atoms with van der Waals surface area (Å²) in [4.78, 5) is 17.5. The number of aromatic nitrogens is 5. The number of nitrogens with one attached hydrogen (secondary N) is 1. The van der Waals surface area contributed by atoms with Crippen LogP contribution >= 0.6 is 22.9 Å². The Morgan fingerprint density at radius 1 is 1.11 bits per heavy atom. The summed E-state index contributed by atoms with van der Waals surface area (Å²) in [5, 5.41) is 12.5. The van der Waals surface area contributed by atoms with Crippen molar-refractivity contribution in [1.82, 2.24) is 24.4 Å². The summed E-state index contributed by atoms with van der Waals surface area (Å²) in [5.41, 5.74) is -0.690. The number of carbonyl (C=O) groups excluding carboxylic acids is 1. The van der Waals surface area contributed by atoms with Crippen molar-refractivity contribution in [2.45, 2.75) is 12.7 Å². The van der Waals surface area contributed by atoms with Crippen LogP contribution in [-0.2, 0) is 12.7 Å². The van der Waals surface area contributed by atoms with E-state index >= 15 is 0 Å². The zero-order chi connectivity index (χ0) is 24.7. The van der Waals surface area contributed by atoms with Gasteiger partial charge < -0.3 is 5.32 Å². The molecule has 1 N–H and O–H groups in total. The maximum absolute atomic E-state index is 13.7. The Labute approximate surface area is 203 Å². The first-order valence-electron chi connectivity index (χ1n) is 9.98. The van der Waals surface area contributed by atoms with E-state index in [1.165, 1.54) is 46.4 Å². The third kappa shape index (κ3) is 4.75. The second-order valence-electron chi connectivity index (χ2n) is 7.39. The van der Waals surface area contributed by atoms with Crippen LogP contribution in [0, 0.1) is 5.82 Å². The number of benzene rings is 1. The molecule has 1 aromatic carbocycles. The highest BCUT2D eigenvalue weighted by molar-refractivity contribution is 7.13. The minimum atomic E-state index is -4.71. The van der Waals surface area contributed by atoms with Crippen LogP contribution < -0.4 is 5.32 Å². The number of rotatable bonds is 5. The number of carbonyl (C=O) groups is 1. The smallest absolute Gasteiger partial charge is 0.304 e. The predicted octanol–water partition coefficient (Wildman–Crippen LogP) is 5.77. The fourth-order valence-corrected chi connectivity index (χ4v) is 4.27. The van der Waals surface area contributed by atoms with Crippen LogP contribution in [0.1, 0.15) is 21.7 Å². The number of thiophene rings is 1. The molecular weight excluding hydrogens is 508 g/mol. The normalized spacial score (nSPS) is 11.8. The summed E-state index contributed by atoms with van der Waals surface area (Å²) >= 11 is 7.28. The van der Waals surface area contributed by atoms with Gasteiger partial charge in [0.05, 0.1) is 17.1 Å². The van der Waals surface area contributed by atoms with Crippen molar-refractivity contribution in [1.29, 1.82) is 0 Å². The molecule has 0 saturated heterocycles. The van der Waals surface area contributed by atoms with Gasteiger partial charge in [-0.2, -0.15) is 23.4 Å². The molecule has 5 aromatic rings. The van der Waals surface area contributed by atoms with Crippen LogP contribution in [0.4, 0.5) is 23.4 Å². The van der Waals surface area contributed by atoms with E-state index in [-0.39, 0.29) is 34.4 Å². The average molecular weight is 521 g/mol. The maximum atomic E-state index is 13.7. The average Bonchev–Trinajstić information content (AvgIpc) is 3.55. The standard InChI is InChI=1S/C22H13ClF4N6OS/c23-14-8-13(24)4-3-12(14)11-32-6-5-19(31-32)29-21(34)16-10-20-28-15(17-2-1-7-35-17)9-18(22(25,26)27)33(20)30-16/h1-10H,11H2,(H,29,31,34). The summed E-state index contributed by atoms with van der Waals surface area (Å²) in [5.74, 6) is -1.08. The van der Waals surface area contributed by atoms with Crippen LogP contribution in [0.3, 0.4) is 0 Å². The van der Waals surface area contributed by atoms with Gasteiger partial charge in [0.2, 0.25) is 0 Å². The Morgan fingerprint density at radius 2 is 1.94 bits per heavy atom. The van der Waals surface area contributed by atoms with Crippen molar-refractivity contribution in [2.24, 2.45) is 0 Å². The van der Waals surface area contributed by atoms with E-state index in [1.54, 1.807) is 23.7 Å². The Morgan fingerprint density at radius 3 is 2.66 bits per heavy atom. The van der Waals surface area contributed by atoms with E-state index in [1.807, 2.05) is 0 Å². The van der Waals surface area contributed by atoms with Crippen molar-refractivity contribution in [2.75, 3.05) is 5.32 Å². The van der Waals surface area contributed by atoms with Gasteiger partial charge in [0, 0.05) is 23.4 Å². The SMILES string of the molecule is O=C(Nc1ccn(Cc2ccc(F)cc2Cl)n1)c1cc2nc(-c3cccs3)cc(C(F)(F)F)n2n1. The van der Waals surface area contributed by atoms with Crippen molar-refractivity contribution >= 4 is 40.3 Å². The summed E-state index contributed by atoms with van der Waals surface area (Å²) in [6.07, 6.45) is -3.15. The highest BCUT2D eigenvalue weighted by Gasteiger charge is 2.35. The lowest BCUT2D eigenvalue weighted by atomic mass is 10.2. The van der Waals surface area contributed by atoms with Gasteiger partial charge in [-0.05, 0) is 35.2 Å². The van der Waals surface area contributed by atoms with Crippen molar-refractivity contribution in [3.8, 4) is 10.6 Å². The molecule has 0 aliphatic heterocycles. The topological polar surface area (TPSA) is 77.1 Å². The third-order valence-electron chi connectivity index (χ3n) is 4.95. The number of halogens is 5. The second-order valence-corrected chi connectivity index (χ2v) is 8.74. The molecule has 0 aliphatic carbocycles. The molecule has 35 heavy (non-hydrogen) atoms. The number of hydrogen-bond donors (Lipinski definition) is 1. The molecule has 4 aromatic heterocycles. The molecule has 0 atom stereocenters. The van der Waals surface area contributed by atoms with E-state index in [0.717, 1.165) is 6.07 Å². The lowest BCUT2D eigenvalue weighted by Crippen LogP contribution is -2.16. The molecule has 0 fully saturated rings. The fraction of sp³-hybridized carbons (Fsp3) is 0.0909. The van der Waals surface area contributed by atoms with Gasteiger partial charge >= 0.3 is 6.18 Å². The highest BCUT2D eigenvalue weighted by Crippen LogP contribution is 2.33. The zero-order valence-corrected chi connectivity index (χ0v) is 19.0. The number of alkyl halides is 3. The molecule has 0 aliphatic rings. The highest BCUT2D eigenvalue weighted by atomic mass is 35.5. The molecule has 0 saturated carbocycles. The first-order valence-corrected chi connectivity index (χ1v) is 11.2. The molecule has 4 heterocycles. The molecule has 0 bridgehead atoms. The van der Waals surface area contributed by atoms with Crippen molar-refractivity contribution < 1.29 is 22.4 Å². The van der Waals surface area contributed by atoms with E-state index in [4.69, 9.17) is 11.6 Å². The van der Waals surface area contributed by atoms with Gasteiger partial charge in [0.15, 0.2) is 22.9 Å². The van der Waals surface area contributed by atoms with E-state index in [2.05, 4.69) is 20.5 Å². The molecule has 13 heteroatoms. The third-order valence-corrected chi connectivity index (χ3v) is 6.20. The monoisotopic (exact) mass is 520 g/mol. The number of fused-ring (bicyclic) bond motifs is 1. The molecule has 5 rings (SSSR count). The van der Waals surface area contributed by atoms with Gasteiger partial charge in [-0.25, -0.2) is 13.9 Å². The summed E-state index contributed by atoms with van der Waals surface area (Å²) in [6.45, 7) is 0.216. The summed E-state index contributed by atoms with van der Waals surface area (Å²) in [6, 6.07) is 10.9. The molecule has 1 amide bonds. The van der Waals surface area contributed by atoms with Crippen LogP contribution in [0.5, 0.6) is 0 Å². The second kappa shape index (κ2) is 8.78. The zero-order valence-electron chi connectivity index (χ0n) is 17.4. The van der Waals surface area contributed by atoms with Crippen molar-refractivity contribution in [3.05, 3.63) is 87.9 Å². The Kier molecular flexibility index (Phi) is 5.77. The van der Waals surface area contributed by atoms with Crippen LogP contribution in [0.15, 0.2) is 60.1 Å². The van der Waals surface area contributed by atoms with Crippen LogP contribution in [0.25, 0.3) is 16.2 Å². The molecule has 0 unspecified atom stereocenters. The Balaban J connectivity index is 1.40. The van der Waals surface area contributed by atoms with Gasteiger partial charge in [0.1, 0.15) is 5.82 Å². The molecule has 0 radical (unpaired) electrons. The maximum Gasteiger partial charge on any atom is 0.433 e. The lowest BCUT2D eigenvalue weighted by molar-refractivity contribution is -0.142. The Bertz CT molecular complexity index is 1540. The first-order chi connectivity index (χ1) is 16.7. The van der Waals surface area contributed by atoms with Crippen LogP contribution in [0.2, 0.25) is 5.02 Å². The number of anilines is 1. The largest absolute Gasteiger partial charge is 0.433 e. The van der Waals surface area contributed by atoms with Crippen LogP contribution in [-0.4, -0.2) is 30.3 Å². The minimum Gasteiger partial charge on any atom is -0.304 e. The number of nitrogens with zero attached hydrogens (tertiary/aromatic N) is 5. The molecule has 7 nitrogen and oxygen atoms in total. The van der Waals surface area contributed by atoms with Crippen molar-refractivity contribution in [3.63, 3.8) is 0 Å². The number of amides is 1. The van der Waals surface area contributed by atoms with E-state index in [9.17, 15) is 22.4 Å². The molecule has 178 valence electrons.